The van der Waals surface area contributed by atoms with E-state index in [0.29, 0.717) is 16.3 Å². The molecule has 0 aliphatic rings. The van der Waals surface area contributed by atoms with Crippen molar-refractivity contribution in [3.63, 3.8) is 0 Å². The maximum absolute atomic E-state index is 13.0. The van der Waals surface area contributed by atoms with E-state index in [0.717, 1.165) is 20.8 Å². The van der Waals surface area contributed by atoms with Crippen LogP contribution in [0.5, 0.6) is 0 Å². The Morgan fingerprint density at radius 1 is 1.07 bits per heavy atom. The molecule has 29 heavy (non-hydrogen) atoms. The molecule has 0 aliphatic heterocycles. The molecule has 2 N–H and O–H groups in total. The molecule has 3 aromatic carbocycles. The number of hydrogen-bond donors (Lipinski definition) is 2. The molecule has 1 aromatic heterocycles. The van der Waals surface area contributed by atoms with Gasteiger partial charge in [-0.25, -0.2) is 9.37 Å². The van der Waals surface area contributed by atoms with Gasteiger partial charge in [0.25, 0.3) is 5.91 Å². The highest BCUT2D eigenvalue weighted by Crippen LogP contribution is 2.36. The van der Waals surface area contributed by atoms with Gasteiger partial charge in [0.2, 0.25) is 0 Å². The fourth-order valence-electron chi connectivity index (χ4n) is 2.72. The first kappa shape index (κ1) is 19.4. The molecule has 1 amide bonds. The topological polar surface area (TPSA) is 54.0 Å². The first-order valence-corrected chi connectivity index (χ1v) is 10.1. The Labute approximate surface area is 180 Å². The van der Waals surface area contributed by atoms with Crippen LogP contribution in [0.2, 0.25) is 5.02 Å². The van der Waals surface area contributed by atoms with Crippen LogP contribution >= 0.6 is 35.2 Å². The van der Waals surface area contributed by atoms with E-state index in [9.17, 15) is 9.18 Å². The molecule has 0 atom stereocenters. The van der Waals surface area contributed by atoms with Crippen LogP contribution in [0.3, 0.4) is 0 Å². The van der Waals surface area contributed by atoms with E-state index in [1.54, 1.807) is 18.2 Å². The second kappa shape index (κ2) is 8.24. The van der Waals surface area contributed by atoms with Crippen molar-refractivity contribution in [3.05, 3.63) is 83.1 Å². The number of carbonyl (C=O) groups is 1. The summed E-state index contributed by atoms with van der Waals surface area (Å²) < 4.78 is 14.1. The number of carbonyl (C=O) groups excluding carboxylic acids is 1. The number of aromatic nitrogens is 1. The molecular formula is C21H13ClFN3OS2. The highest BCUT2D eigenvalue weighted by atomic mass is 35.5. The minimum absolute atomic E-state index is 0.115. The molecule has 8 heteroatoms. The summed E-state index contributed by atoms with van der Waals surface area (Å²) in [4.78, 5) is 17.0. The second-order valence-corrected chi connectivity index (χ2v) is 7.97. The van der Waals surface area contributed by atoms with Crippen molar-refractivity contribution in [2.75, 3.05) is 5.32 Å². The van der Waals surface area contributed by atoms with Crippen molar-refractivity contribution in [1.82, 2.24) is 10.3 Å². The second-order valence-electron chi connectivity index (χ2n) is 6.09. The third-order valence-electron chi connectivity index (χ3n) is 4.09. The van der Waals surface area contributed by atoms with Crippen molar-refractivity contribution in [2.24, 2.45) is 0 Å². The third-order valence-corrected chi connectivity index (χ3v) is 5.60. The number of benzene rings is 3. The Morgan fingerprint density at radius 3 is 2.59 bits per heavy atom. The van der Waals surface area contributed by atoms with Gasteiger partial charge >= 0.3 is 0 Å². The van der Waals surface area contributed by atoms with E-state index in [-0.39, 0.29) is 5.11 Å². The predicted molar refractivity (Wildman–Crippen MR) is 120 cm³/mol. The monoisotopic (exact) mass is 441 g/mol. The molecule has 0 unspecified atom stereocenters. The Hall–Kier alpha value is -2.87. The zero-order chi connectivity index (χ0) is 20.4. The van der Waals surface area contributed by atoms with Gasteiger partial charge in [0.05, 0.1) is 15.9 Å². The molecule has 0 saturated heterocycles. The van der Waals surface area contributed by atoms with Crippen LogP contribution in [-0.2, 0) is 0 Å². The molecule has 0 spiro atoms. The number of para-hydroxylation sites is 1. The number of anilines is 1. The van der Waals surface area contributed by atoms with Gasteiger partial charge in [0.15, 0.2) is 5.11 Å². The molecule has 4 nitrogen and oxygen atoms in total. The summed E-state index contributed by atoms with van der Waals surface area (Å²) in [6.45, 7) is 0. The predicted octanol–water partition coefficient (Wildman–Crippen LogP) is 5.88. The number of rotatable bonds is 3. The lowest BCUT2D eigenvalue weighted by Gasteiger charge is -2.13. The summed E-state index contributed by atoms with van der Waals surface area (Å²) in [7, 11) is 0. The van der Waals surface area contributed by atoms with Crippen LogP contribution in [-0.4, -0.2) is 16.0 Å². The lowest BCUT2D eigenvalue weighted by molar-refractivity contribution is 0.0977. The van der Waals surface area contributed by atoms with Crippen LogP contribution < -0.4 is 10.6 Å². The number of amides is 1. The summed E-state index contributed by atoms with van der Waals surface area (Å²) in [6, 6.07) is 18.4. The Kier molecular flexibility index (Phi) is 5.53. The quantitative estimate of drug-likeness (QED) is 0.390. The lowest BCUT2D eigenvalue weighted by Crippen LogP contribution is -2.34. The first-order valence-electron chi connectivity index (χ1n) is 8.53. The van der Waals surface area contributed by atoms with Crippen molar-refractivity contribution < 1.29 is 9.18 Å². The highest BCUT2D eigenvalue weighted by molar-refractivity contribution is 7.80. The fraction of sp³-hybridized carbons (Fsp3) is 0. The fourth-order valence-corrected chi connectivity index (χ4v) is 4.09. The van der Waals surface area contributed by atoms with Gasteiger partial charge in [0, 0.05) is 16.1 Å². The number of nitrogens with one attached hydrogen (secondary N) is 2. The molecule has 0 saturated carbocycles. The van der Waals surface area contributed by atoms with Crippen LogP contribution in [0.1, 0.15) is 10.4 Å². The molecule has 4 aromatic rings. The van der Waals surface area contributed by atoms with Gasteiger partial charge in [-0.15, -0.1) is 11.3 Å². The van der Waals surface area contributed by atoms with E-state index < -0.39 is 11.7 Å². The van der Waals surface area contributed by atoms with Gasteiger partial charge in [-0.3, -0.25) is 10.1 Å². The van der Waals surface area contributed by atoms with E-state index >= 15 is 0 Å². The highest BCUT2D eigenvalue weighted by Gasteiger charge is 2.14. The van der Waals surface area contributed by atoms with Gasteiger partial charge in [-0.1, -0.05) is 23.7 Å². The van der Waals surface area contributed by atoms with Gasteiger partial charge in [-0.2, -0.15) is 0 Å². The van der Waals surface area contributed by atoms with Gasteiger partial charge < -0.3 is 5.32 Å². The zero-order valence-corrected chi connectivity index (χ0v) is 17.2. The number of fused-ring (bicyclic) bond motifs is 1. The molecular weight excluding hydrogens is 429 g/mol. The molecule has 4 rings (SSSR count). The third kappa shape index (κ3) is 4.42. The normalized spacial score (nSPS) is 10.7. The average molecular weight is 442 g/mol. The largest absolute Gasteiger partial charge is 0.332 e. The summed E-state index contributed by atoms with van der Waals surface area (Å²) in [5.74, 6) is -0.845. The Bertz CT molecular complexity index is 1190. The SMILES string of the molecule is O=C(NC(=S)Nc1ccc(Cl)cc1-c1nc2ccccc2s1)c1ccc(F)cc1. The summed E-state index contributed by atoms with van der Waals surface area (Å²) in [5, 5.41) is 7.08. The van der Waals surface area contributed by atoms with E-state index in [2.05, 4.69) is 15.6 Å². The number of hydrogen-bond acceptors (Lipinski definition) is 4. The van der Waals surface area contributed by atoms with Crippen molar-refractivity contribution in [1.29, 1.82) is 0 Å². The number of nitrogens with zero attached hydrogens (tertiary/aromatic N) is 1. The summed E-state index contributed by atoms with van der Waals surface area (Å²) in [5.41, 5.74) is 2.64. The van der Waals surface area contributed by atoms with E-state index in [1.165, 1.54) is 35.6 Å². The maximum atomic E-state index is 13.0. The van der Waals surface area contributed by atoms with Crippen LogP contribution in [0.15, 0.2) is 66.7 Å². The van der Waals surface area contributed by atoms with Crippen molar-refractivity contribution in [2.45, 2.75) is 0 Å². The van der Waals surface area contributed by atoms with Crippen molar-refractivity contribution >= 4 is 62.1 Å². The Morgan fingerprint density at radius 2 is 1.83 bits per heavy atom. The Balaban J connectivity index is 1.58. The van der Waals surface area contributed by atoms with Crippen molar-refractivity contribution in [3.8, 4) is 10.6 Å². The minimum atomic E-state index is -0.432. The van der Waals surface area contributed by atoms with Crippen LogP contribution in [0, 0.1) is 5.82 Å². The maximum Gasteiger partial charge on any atom is 0.257 e. The molecule has 0 fully saturated rings. The van der Waals surface area contributed by atoms with Crippen LogP contribution in [0.4, 0.5) is 10.1 Å². The van der Waals surface area contributed by atoms with Gasteiger partial charge in [0.1, 0.15) is 10.8 Å². The number of thiocarbonyl (C=S) groups is 1. The molecule has 1 heterocycles. The molecule has 144 valence electrons. The van der Waals surface area contributed by atoms with Crippen LogP contribution in [0.25, 0.3) is 20.8 Å². The average Bonchev–Trinajstić information content (AvgIpc) is 3.14. The number of thiazole rings is 1. The lowest BCUT2D eigenvalue weighted by atomic mass is 10.2. The summed E-state index contributed by atoms with van der Waals surface area (Å²) >= 11 is 13.0. The van der Waals surface area contributed by atoms with Gasteiger partial charge in [-0.05, 0) is 66.8 Å². The minimum Gasteiger partial charge on any atom is -0.332 e. The number of halogens is 2. The first-order chi connectivity index (χ1) is 14.0. The summed E-state index contributed by atoms with van der Waals surface area (Å²) in [6.07, 6.45) is 0. The zero-order valence-electron chi connectivity index (χ0n) is 14.8. The van der Waals surface area contributed by atoms with E-state index in [1.807, 2.05) is 24.3 Å². The van der Waals surface area contributed by atoms with E-state index in [4.69, 9.17) is 23.8 Å². The smallest absolute Gasteiger partial charge is 0.257 e. The molecule has 0 radical (unpaired) electrons. The standard InChI is InChI=1S/C21H13ClFN3OS2/c22-13-7-10-16(15(11-13)20-24-17-3-1-2-4-18(17)29-20)25-21(28)26-19(27)12-5-8-14(23)9-6-12/h1-11H,(H2,25,26,27,28). The molecule has 0 aliphatic carbocycles. The molecule has 0 bridgehead atoms.